The minimum absolute atomic E-state index is 0.0388. The SMILES string of the molecule is C[C@@H]1NC(=O)CN(C)C(=O)CC[C@@H](C(=O)NCCc2ccc(F)cc2)NC(=O)C[C@H](c2ccc(F)cc2)NC1=O. The number of carbonyl (C=O) groups excluding carboxylic acids is 5. The van der Waals surface area contributed by atoms with E-state index in [-0.39, 0.29) is 38.2 Å². The van der Waals surface area contributed by atoms with Gasteiger partial charge in [-0.25, -0.2) is 8.78 Å². The van der Waals surface area contributed by atoms with E-state index in [1.54, 1.807) is 12.1 Å². The molecule has 5 amide bonds. The first-order valence-electron chi connectivity index (χ1n) is 12.9. The summed E-state index contributed by atoms with van der Waals surface area (Å²) in [4.78, 5) is 65.2. The second-order valence-electron chi connectivity index (χ2n) is 9.68. The monoisotopic (exact) mass is 557 g/mol. The summed E-state index contributed by atoms with van der Waals surface area (Å²) in [5, 5.41) is 10.6. The maximum Gasteiger partial charge on any atom is 0.242 e. The normalized spacial score (nSPS) is 21.4. The number of hydrogen-bond donors (Lipinski definition) is 4. The van der Waals surface area contributed by atoms with Gasteiger partial charge in [-0.15, -0.1) is 0 Å². The molecular formula is C28H33F2N5O5. The molecule has 1 fully saturated rings. The van der Waals surface area contributed by atoms with E-state index in [1.807, 2.05) is 0 Å². The van der Waals surface area contributed by atoms with Crippen molar-refractivity contribution in [3.8, 4) is 0 Å². The second kappa shape index (κ2) is 14.2. The highest BCUT2D eigenvalue weighted by Gasteiger charge is 2.28. The highest BCUT2D eigenvalue weighted by atomic mass is 19.1. The van der Waals surface area contributed by atoms with Gasteiger partial charge >= 0.3 is 0 Å². The Morgan fingerprint density at radius 3 is 2.20 bits per heavy atom. The summed E-state index contributed by atoms with van der Waals surface area (Å²) < 4.78 is 26.7. The van der Waals surface area contributed by atoms with Gasteiger partial charge in [-0.2, -0.15) is 0 Å². The van der Waals surface area contributed by atoms with Crippen LogP contribution in [0.25, 0.3) is 0 Å². The van der Waals surface area contributed by atoms with Gasteiger partial charge in [0.15, 0.2) is 0 Å². The van der Waals surface area contributed by atoms with Crippen molar-refractivity contribution in [2.75, 3.05) is 20.1 Å². The van der Waals surface area contributed by atoms with E-state index in [0.29, 0.717) is 12.0 Å². The summed E-state index contributed by atoms with van der Waals surface area (Å²) >= 11 is 0. The molecule has 1 aliphatic heterocycles. The Balaban J connectivity index is 1.78. The van der Waals surface area contributed by atoms with Gasteiger partial charge in [0.05, 0.1) is 19.0 Å². The molecule has 2 aromatic rings. The van der Waals surface area contributed by atoms with E-state index in [0.717, 1.165) is 5.56 Å². The van der Waals surface area contributed by atoms with Crippen LogP contribution < -0.4 is 21.3 Å². The number of carbonyl (C=O) groups is 5. The lowest BCUT2D eigenvalue weighted by atomic mass is 10.0. The zero-order valence-corrected chi connectivity index (χ0v) is 22.3. The van der Waals surface area contributed by atoms with Crippen LogP contribution in [0.2, 0.25) is 0 Å². The Morgan fingerprint density at radius 2 is 1.55 bits per heavy atom. The standard InChI is InChI=1S/C28H33F2N5O5/c1-17-27(39)34-23(19-5-9-21(30)10-6-19)15-24(36)33-22(11-12-26(38)35(2)16-25(37)32-17)28(40)31-14-13-18-3-7-20(29)8-4-18/h3-10,17,22-23H,11-16H2,1-2H3,(H,31,40)(H,32,37)(H,33,36)(H,34,39)/t17-,22-,23+/m0/s1. The Kier molecular flexibility index (Phi) is 10.7. The Labute approximate surface area is 230 Å². The predicted molar refractivity (Wildman–Crippen MR) is 141 cm³/mol. The molecule has 0 saturated carbocycles. The number of hydrogen-bond acceptors (Lipinski definition) is 5. The third-order valence-electron chi connectivity index (χ3n) is 6.48. The molecule has 10 nitrogen and oxygen atoms in total. The zero-order chi connectivity index (χ0) is 29.2. The number of nitrogens with one attached hydrogen (secondary N) is 4. The van der Waals surface area contributed by atoms with Crippen molar-refractivity contribution in [1.29, 1.82) is 0 Å². The van der Waals surface area contributed by atoms with Gasteiger partial charge < -0.3 is 26.2 Å². The largest absolute Gasteiger partial charge is 0.354 e. The Morgan fingerprint density at radius 1 is 0.925 bits per heavy atom. The van der Waals surface area contributed by atoms with E-state index in [4.69, 9.17) is 0 Å². The van der Waals surface area contributed by atoms with Crippen LogP contribution in [0.3, 0.4) is 0 Å². The van der Waals surface area contributed by atoms with Gasteiger partial charge in [-0.3, -0.25) is 24.0 Å². The summed E-state index contributed by atoms with van der Waals surface area (Å²) in [5.74, 6) is -3.55. The molecular weight excluding hydrogens is 524 g/mol. The molecule has 0 spiro atoms. The summed E-state index contributed by atoms with van der Waals surface area (Å²) in [5.41, 5.74) is 1.25. The summed E-state index contributed by atoms with van der Waals surface area (Å²) in [6, 6.07) is 8.13. The van der Waals surface area contributed by atoms with Gasteiger partial charge in [0.2, 0.25) is 29.5 Å². The van der Waals surface area contributed by atoms with Crippen molar-refractivity contribution >= 4 is 29.5 Å². The molecule has 12 heteroatoms. The fraction of sp³-hybridized carbons (Fsp3) is 0.393. The lowest BCUT2D eigenvalue weighted by molar-refractivity contribution is -0.136. The molecule has 1 saturated heterocycles. The molecule has 3 atom stereocenters. The van der Waals surface area contributed by atoms with Crippen LogP contribution in [0.4, 0.5) is 8.78 Å². The van der Waals surface area contributed by atoms with Crippen LogP contribution in [-0.2, 0) is 30.4 Å². The smallest absolute Gasteiger partial charge is 0.242 e. The molecule has 40 heavy (non-hydrogen) atoms. The molecule has 0 unspecified atom stereocenters. The van der Waals surface area contributed by atoms with Crippen molar-refractivity contribution in [2.24, 2.45) is 0 Å². The summed E-state index contributed by atoms with van der Waals surface area (Å²) in [6.07, 6.45) is -0.0390. The minimum Gasteiger partial charge on any atom is -0.354 e. The highest BCUT2D eigenvalue weighted by molar-refractivity contribution is 5.92. The number of rotatable bonds is 5. The zero-order valence-electron chi connectivity index (χ0n) is 22.3. The van der Waals surface area contributed by atoms with Crippen LogP contribution in [-0.4, -0.2) is 66.7 Å². The molecule has 0 aromatic heterocycles. The quantitative estimate of drug-likeness (QED) is 0.437. The van der Waals surface area contributed by atoms with Crippen LogP contribution in [0, 0.1) is 11.6 Å². The minimum atomic E-state index is -1.08. The lowest BCUT2D eigenvalue weighted by Crippen LogP contribution is -2.49. The van der Waals surface area contributed by atoms with Gasteiger partial charge in [0.25, 0.3) is 0 Å². The third kappa shape index (κ3) is 9.14. The van der Waals surface area contributed by atoms with Gasteiger partial charge in [-0.05, 0) is 55.2 Å². The number of amides is 5. The lowest BCUT2D eigenvalue weighted by Gasteiger charge is -2.23. The third-order valence-corrected chi connectivity index (χ3v) is 6.48. The van der Waals surface area contributed by atoms with Crippen LogP contribution in [0.1, 0.15) is 43.4 Å². The van der Waals surface area contributed by atoms with E-state index in [1.165, 1.54) is 55.3 Å². The van der Waals surface area contributed by atoms with Gasteiger partial charge in [-0.1, -0.05) is 24.3 Å². The molecule has 1 aliphatic rings. The van der Waals surface area contributed by atoms with E-state index in [9.17, 15) is 32.8 Å². The van der Waals surface area contributed by atoms with Crippen molar-refractivity contribution in [3.63, 3.8) is 0 Å². The number of halogens is 2. The second-order valence-corrected chi connectivity index (χ2v) is 9.68. The molecule has 2 aromatic carbocycles. The molecule has 0 radical (unpaired) electrons. The Bertz CT molecular complexity index is 1220. The predicted octanol–water partition coefficient (Wildman–Crippen LogP) is 1.11. The van der Waals surface area contributed by atoms with Crippen LogP contribution in [0.15, 0.2) is 48.5 Å². The van der Waals surface area contributed by atoms with E-state index >= 15 is 0 Å². The van der Waals surface area contributed by atoms with Crippen molar-refractivity contribution in [3.05, 3.63) is 71.3 Å². The molecule has 1 heterocycles. The maximum absolute atomic E-state index is 13.5. The van der Waals surface area contributed by atoms with Crippen molar-refractivity contribution in [2.45, 2.75) is 50.7 Å². The number of benzene rings is 2. The number of likely N-dealkylation sites (N-methyl/N-ethyl adjacent to an activating group) is 1. The van der Waals surface area contributed by atoms with Crippen molar-refractivity contribution in [1.82, 2.24) is 26.2 Å². The fourth-order valence-corrected chi connectivity index (χ4v) is 4.17. The first kappa shape index (κ1) is 30.2. The topological polar surface area (TPSA) is 137 Å². The van der Waals surface area contributed by atoms with Crippen LogP contribution >= 0.6 is 0 Å². The number of nitrogens with zero attached hydrogens (tertiary/aromatic N) is 1. The maximum atomic E-state index is 13.5. The van der Waals surface area contributed by atoms with Gasteiger partial charge in [0, 0.05) is 20.0 Å². The average Bonchev–Trinajstić information content (AvgIpc) is 2.91. The summed E-state index contributed by atoms with van der Waals surface area (Å²) in [7, 11) is 1.42. The van der Waals surface area contributed by atoms with Gasteiger partial charge in [0.1, 0.15) is 23.7 Å². The van der Waals surface area contributed by atoms with Crippen molar-refractivity contribution < 1.29 is 32.8 Å². The van der Waals surface area contributed by atoms with Crippen LogP contribution in [0.5, 0.6) is 0 Å². The van der Waals surface area contributed by atoms with E-state index in [2.05, 4.69) is 21.3 Å². The molecule has 4 N–H and O–H groups in total. The first-order valence-corrected chi connectivity index (χ1v) is 12.9. The molecule has 3 rings (SSSR count). The Hall–Kier alpha value is -4.35. The fourth-order valence-electron chi connectivity index (χ4n) is 4.17. The highest BCUT2D eigenvalue weighted by Crippen LogP contribution is 2.18. The molecule has 0 bridgehead atoms. The van der Waals surface area contributed by atoms with E-state index < -0.39 is 53.5 Å². The average molecular weight is 558 g/mol. The molecule has 214 valence electrons. The summed E-state index contributed by atoms with van der Waals surface area (Å²) in [6.45, 7) is 1.36. The first-order chi connectivity index (χ1) is 19.0. The molecule has 0 aliphatic carbocycles.